The van der Waals surface area contributed by atoms with Crippen LogP contribution in [-0.2, 0) is 4.74 Å². The summed E-state index contributed by atoms with van der Waals surface area (Å²) in [7, 11) is 0. The molecule has 64 valence electrons. The van der Waals surface area contributed by atoms with Crippen molar-refractivity contribution >= 4 is 5.84 Å². The molecule has 0 unspecified atom stereocenters. The summed E-state index contributed by atoms with van der Waals surface area (Å²) in [5.41, 5.74) is 5.54. The topological polar surface area (TPSA) is 67.8 Å². The second kappa shape index (κ2) is 3.09. The first kappa shape index (κ1) is 8.33. The zero-order valence-corrected chi connectivity index (χ0v) is 6.71. The third-order valence-electron chi connectivity index (χ3n) is 2.25. The maximum atomic E-state index is 8.34. The van der Waals surface area contributed by atoms with Gasteiger partial charge in [0.15, 0.2) is 0 Å². The van der Waals surface area contributed by atoms with Crippen molar-refractivity contribution < 1.29 is 9.94 Å². The van der Waals surface area contributed by atoms with Gasteiger partial charge >= 0.3 is 0 Å². The smallest absolute Gasteiger partial charge is 0.139 e. The van der Waals surface area contributed by atoms with Gasteiger partial charge in [-0.15, -0.1) is 0 Å². The number of nitrogens with two attached hydrogens (primary N) is 1. The molecule has 1 saturated heterocycles. The van der Waals surface area contributed by atoms with Gasteiger partial charge in [0, 0.05) is 11.8 Å². The first-order chi connectivity index (χ1) is 5.22. The summed E-state index contributed by atoms with van der Waals surface area (Å²) in [6.45, 7) is 3.56. The van der Waals surface area contributed by atoms with E-state index in [9.17, 15) is 0 Å². The molecule has 0 spiro atoms. The second-order valence-corrected chi connectivity index (χ2v) is 3.11. The average molecular weight is 158 g/mol. The van der Waals surface area contributed by atoms with Gasteiger partial charge in [0.1, 0.15) is 5.84 Å². The summed E-state index contributed by atoms with van der Waals surface area (Å²) < 4.78 is 5.08. The van der Waals surface area contributed by atoms with E-state index < -0.39 is 0 Å². The highest BCUT2D eigenvalue weighted by molar-refractivity contribution is 5.80. The minimum atomic E-state index is 0.149. The van der Waals surface area contributed by atoms with Crippen molar-refractivity contribution in [3.63, 3.8) is 0 Å². The van der Waals surface area contributed by atoms with Crippen LogP contribution in [0, 0.1) is 5.41 Å². The van der Waals surface area contributed by atoms with Crippen molar-refractivity contribution in [2.75, 3.05) is 13.2 Å². The third kappa shape index (κ3) is 1.63. The van der Waals surface area contributed by atoms with Crippen molar-refractivity contribution in [3.05, 3.63) is 0 Å². The van der Waals surface area contributed by atoms with Crippen molar-refractivity contribution in [3.8, 4) is 0 Å². The van der Waals surface area contributed by atoms with E-state index >= 15 is 0 Å². The molecule has 1 rings (SSSR count). The van der Waals surface area contributed by atoms with E-state index in [1.807, 2.05) is 0 Å². The van der Waals surface area contributed by atoms with Crippen molar-refractivity contribution in [1.29, 1.82) is 0 Å². The van der Waals surface area contributed by atoms with Crippen LogP contribution in [0.5, 0.6) is 0 Å². The van der Waals surface area contributed by atoms with E-state index in [1.165, 1.54) is 0 Å². The lowest BCUT2D eigenvalue weighted by molar-refractivity contribution is -0.110. The Morgan fingerprint density at radius 3 is 2.64 bits per heavy atom. The fraction of sp³-hybridized carbons (Fsp3) is 0.857. The highest BCUT2D eigenvalue weighted by Gasteiger charge is 2.37. The molecule has 0 amide bonds. The first-order valence-corrected chi connectivity index (χ1v) is 3.76. The molecule has 11 heavy (non-hydrogen) atoms. The number of amidine groups is 1. The van der Waals surface area contributed by atoms with Crippen LogP contribution in [0.15, 0.2) is 5.16 Å². The normalized spacial score (nSPS) is 22.8. The van der Waals surface area contributed by atoms with Crippen molar-refractivity contribution in [1.82, 2.24) is 0 Å². The molecule has 0 aromatic carbocycles. The number of hydrogen-bond acceptors (Lipinski definition) is 3. The van der Waals surface area contributed by atoms with Gasteiger partial charge in [-0.25, -0.2) is 0 Å². The van der Waals surface area contributed by atoms with Gasteiger partial charge in [-0.1, -0.05) is 12.1 Å². The fourth-order valence-corrected chi connectivity index (χ4v) is 1.24. The molecule has 1 heterocycles. The standard InChI is InChI=1S/C7H14N2O2/c1-2-7(4-11-5-7)3-6(8)9-10/h10H,2-5H2,1H3,(H2,8,9). The van der Waals surface area contributed by atoms with E-state index in [2.05, 4.69) is 12.1 Å². The number of oxime groups is 1. The van der Waals surface area contributed by atoms with Crippen LogP contribution in [0.4, 0.5) is 0 Å². The summed E-state index contributed by atoms with van der Waals surface area (Å²) in [5, 5.41) is 11.3. The Kier molecular flexibility index (Phi) is 2.34. The molecule has 0 aromatic heterocycles. The summed E-state index contributed by atoms with van der Waals surface area (Å²) in [6, 6.07) is 0. The SMILES string of the molecule is CCC1(C/C(N)=N/O)COC1. The van der Waals surface area contributed by atoms with Gasteiger partial charge in [-0.3, -0.25) is 0 Å². The molecule has 1 aliphatic rings. The molecule has 0 aliphatic carbocycles. The van der Waals surface area contributed by atoms with Gasteiger partial charge < -0.3 is 15.7 Å². The molecule has 0 aromatic rings. The lowest BCUT2D eigenvalue weighted by atomic mass is 9.80. The van der Waals surface area contributed by atoms with Gasteiger partial charge in [0.25, 0.3) is 0 Å². The summed E-state index contributed by atoms with van der Waals surface area (Å²) in [5.74, 6) is 0.301. The third-order valence-corrected chi connectivity index (χ3v) is 2.25. The Bertz CT molecular complexity index is 158. The van der Waals surface area contributed by atoms with Crippen LogP contribution in [-0.4, -0.2) is 24.3 Å². The summed E-state index contributed by atoms with van der Waals surface area (Å²) in [6.07, 6.45) is 1.66. The van der Waals surface area contributed by atoms with Gasteiger partial charge in [0.2, 0.25) is 0 Å². The minimum absolute atomic E-state index is 0.149. The molecule has 0 bridgehead atoms. The van der Waals surface area contributed by atoms with Gasteiger partial charge in [-0.2, -0.15) is 0 Å². The number of rotatable bonds is 3. The Balaban J connectivity index is 2.44. The molecule has 4 heteroatoms. The van der Waals surface area contributed by atoms with E-state index in [0.29, 0.717) is 12.3 Å². The van der Waals surface area contributed by atoms with E-state index in [-0.39, 0.29) is 5.41 Å². The molecular weight excluding hydrogens is 144 g/mol. The Labute approximate surface area is 66.0 Å². The van der Waals surface area contributed by atoms with Crippen LogP contribution in [0.25, 0.3) is 0 Å². The average Bonchev–Trinajstić information content (AvgIpc) is 1.96. The Hall–Kier alpha value is -0.770. The predicted octanol–water partition coefficient (Wildman–Crippen LogP) is 0.550. The highest BCUT2D eigenvalue weighted by Crippen LogP contribution is 2.34. The molecule has 0 saturated carbocycles. The fourth-order valence-electron chi connectivity index (χ4n) is 1.24. The largest absolute Gasteiger partial charge is 0.409 e. The number of hydrogen-bond donors (Lipinski definition) is 2. The minimum Gasteiger partial charge on any atom is -0.409 e. The van der Waals surface area contributed by atoms with Crippen LogP contribution in [0.1, 0.15) is 19.8 Å². The molecule has 0 atom stereocenters. The van der Waals surface area contributed by atoms with E-state index in [0.717, 1.165) is 19.6 Å². The zero-order valence-electron chi connectivity index (χ0n) is 6.71. The lowest BCUT2D eigenvalue weighted by Crippen LogP contribution is -2.44. The molecule has 1 aliphatic heterocycles. The Morgan fingerprint density at radius 1 is 1.73 bits per heavy atom. The first-order valence-electron chi connectivity index (χ1n) is 3.76. The molecule has 0 radical (unpaired) electrons. The van der Waals surface area contributed by atoms with Crippen molar-refractivity contribution in [2.24, 2.45) is 16.3 Å². The monoisotopic (exact) mass is 158 g/mol. The van der Waals surface area contributed by atoms with E-state index in [1.54, 1.807) is 0 Å². The number of ether oxygens (including phenoxy) is 1. The zero-order chi connectivity index (χ0) is 8.32. The number of nitrogens with zero attached hydrogens (tertiary/aromatic N) is 1. The van der Waals surface area contributed by atoms with E-state index in [4.69, 9.17) is 15.7 Å². The second-order valence-electron chi connectivity index (χ2n) is 3.11. The van der Waals surface area contributed by atoms with Crippen molar-refractivity contribution in [2.45, 2.75) is 19.8 Å². The quantitative estimate of drug-likeness (QED) is 0.273. The molecule has 3 N–H and O–H groups in total. The summed E-state index contributed by atoms with van der Waals surface area (Å²) >= 11 is 0. The molecular formula is C7H14N2O2. The lowest BCUT2D eigenvalue weighted by Gasteiger charge is -2.40. The Morgan fingerprint density at radius 2 is 2.36 bits per heavy atom. The summed E-state index contributed by atoms with van der Waals surface area (Å²) in [4.78, 5) is 0. The van der Waals surface area contributed by atoms with Gasteiger partial charge in [0.05, 0.1) is 13.2 Å². The highest BCUT2D eigenvalue weighted by atomic mass is 16.5. The van der Waals surface area contributed by atoms with Crippen LogP contribution < -0.4 is 5.73 Å². The van der Waals surface area contributed by atoms with Crippen LogP contribution in [0.2, 0.25) is 0 Å². The van der Waals surface area contributed by atoms with Crippen LogP contribution in [0.3, 0.4) is 0 Å². The van der Waals surface area contributed by atoms with Gasteiger partial charge in [-0.05, 0) is 6.42 Å². The maximum Gasteiger partial charge on any atom is 0.139 e. The maximum absolute atomic E-state index is 8.34. The predicted molar refractivity (Wildman–Crippen MR) is 41.6 cm³/mol. The van der Waals surface area contributed by atoms with Crippen LogP contribution >= 0.6 is 0 Å². The molecule has 4 nitrogen and oxygen atoms in total. The molecule has 1 fully saturated rings.